The molecule has 19 heavy (non-hydrogen) atoms. The van der Waals surface area contributed by atoms with Crippen LogP contribution in [-0.4, -0.2) is 33.6 Å². The van der Waals surface area contributed by atoms with E-state index in [1.165, 1.54) is 18.4 Å². The van der Waals surface area contributed by atoms with Crippen LogP contribution < -0.4 is 4.90 Å². The summed E-state index contributed by atoms with van der Waals surface area (Å²) in [5, 5.41) is 9.32. The van der Waals surface area contributed by atoms with E-state index in [4.69, 9.17) is 0 Å². The first-order chi connectivity index (χ1) is 9.27. The predicted octanol–water partition coefficient (Wildman–Crippen LogP) is 1.80. The number of carbonyl (C=O) groups is 1. The van der Waals surface area contributed by atoms with Crippen LogP contribution in [0.2, 0.25) is 0 Å². The zero-order valence-electron chi connectivity index (χ0n) is 11.0. The van der Waals surface area contributed by atoms with Crippen LogP contribution in [0.25, 0.3) is 0 Å². The van der Waals surface area contributed by atoms with Crippen molar-refractivity contribution in [2.75, 3.05) is 11.4 Å². The maximum atomic E-state index is 11.3. The molecular weight excluding hydrogens is 242 g/mol. The Morgan fingerprint density at radius 3 is 2.89 bits per heavy atom. The minimum absolute atomic E-state index is 0.415. The summed E-state index contributed by atoms with van der Waals surface area (Å²) >= 11 is 0. The fourth-order valence-electron chi connectivity index (χ4n) is 3.21. The van der Waals surface area contributed by atoms with E-state index in [9.17, 15) is 9.90 Å². The van der Waals surface area contributed by atoms with Gasteiger partial charge in [0.2, 0.25) is 0 Å². The quantitative estimate of drug-likeness (QED) is 0.822. The van der Waals surface area contributed by atoms with Gasteiger partial charge in [0.1, 0.15) is 18.2 Å². The molecule has 1 aromatic heterocycles. The standard InChI is InChI=1S/C14H19N3O2/c18-14(19)12-7-4-8-17(12)13-10-5-2-1-3-6-11(10)15-9-16-13/h9,12H,1-8H2,(H,18,19). The van der Waals surface area contributed by atoms with E-state index in [0.717, 1.165) is 43.7 Å². The van der Waals surface area contributed by atoms with E-state index in [0.29, 0.717) is 6.42 Å². The van der Waals surface area contributed by atoms with Gasteiger partial charge in [-0.1, -0.05) is 6.42 Å². The molecule has 0 spiro atoms. The van der Waals surface area contributed by atoms with Gasteiger partial charge in [-0.3, -0.25) is 0 Å². The lowest BCUT2D eigenvalue weighted by molar-refractivity contribution is -0.138. The van der Waals surface area contributed by atoms with E-state index in [-0.39, 0.29) is 0 Å². The third-order valence-corrected chi connectivity index (χ3v) is 4.16. The molecule has 5 nitrogen and oxygen atoms in total. The van der Waals surface area contributed by atoms with Crippen molar-refractivity contribution < 1.29 is 9.90 Å². The molecule has 0 aromatic carbocycles. The van der Waals surface area contributed by atoms with Gasteiger partial charge in [0.05, 0.1) is 0 Å². The predicted molar refractivity (Wildman–Crippen MR) is 71.3 cm³/mol. The third kappa shape index (κ3) is 2.29. The van der Waals surface area contributed by atoms with Gasteiger partial charge in [0, 0.05) is 17.8 Å². The normalized spacial score (nSPS) is 22.9. The van der Waals surface area contributed by atoms with Gasteiger partial charge in [0.15, 0.2) is 0 Å². The Bertz CT molecular complexity index is 490. The fourth-order valence-corrected chi connectivity index (χ4v) is 3.21. The summed E-state index contributed by atoms with van der Waals surface area (Å²) in [5.41, 5.74) is 2.31. The second kappa shape index (κ2) is 5.15. The van der Waals surface area contributed by atoms with E-state index < -0.39 is 12.0 Å². The summed E-state index contributed by atoms with van der Waals surface area (Å²) < 4.78 is 0. The lowest BCUT2D eigenvalue weighted by Crippen LogP contribution is -2.37. The number of nitrogens with zero attached hydrogens (tertiary/aromatic N) is 3. The summed E-state index contributed by atoms with van der Waals surface area (Å²) in [7, 11) is 0. The highest BCUT2D eigenvalue weighted by Gasteiger charge is 2.33. The van der Waals surface area contributed by atoms with E-state index in [1.807, 2.05) is 4.90 Å². The van der Waals surface area contributed by atoms with Crippen LogP contribution in [0, 0.1) is 0 Å². The molecule has 0 amide bonds. The van der Waals surface area contributed by atoms with Crippen molar-refractivity contribution in [3.05, 3.63) is 17.6 Å². The number of anilines is 1. The minimum Gasteiger partial charge on any atom is -0.480 e. The van der Waals surface area contributed by atoms with Gasteiger partial charge in [0.25, 0.3) is 0 Å². The number of hydrogen-bond acceptors (Lipinski definition) is 4. The Morgan fingerprint density at radius 1 is 1.21 bits per heavy atom. The Hall–Kier alpha value is -1.65. The van der Waals surface area contributed by atoms with Crippen LogP contribution >= 0.6 is 0 Å². The molecule has 102 valence electrons. The summed E-state index contributed by atoms with van der Waals surface area (Å²) in [6.07, 6.45) is 8.76. The zero-order valence-corrected chi connectivity index (χ0v) is 11.0. The third-order valence-electron chi connectivity index (χ3n) is 4.16. The molecule has 3 rings (SSSR count). The molecule has 1 unspecified atom stereocenters. The number of aliphatic carboxylic acids is 1. The average Bonchev–Trinajstić information content (AvgIpc) is 2.76. The highest BCUT2D eigenvalue weighted by Crippen LogP contribution is 2.31. The van der Waals surface area contributed by atoms with Crippen LogP contribution in [0.4, 0.5) is 5.82 Å². The number of rotatable bonds is 2. The molecule has 0 saturated carbocycles. The van der Waals surface area contributed by atoms with Crippen molar-refractivity contribution in [3.8, 4) is 0 Å². The topological polar surface area (TPSA) is 66.3 Å². The molecule has 2 aliphatic rings. The highest BCUT2D eigenvalue weighted by atomic mass is 16.4. The maximum Gasteiger partial charge on any atom is 0.326 e. The molecule has 1 N–H and O–H groups in total. The monoisotopic (exact) mass is 261 g/mol. The Labute approximate surface area is 112 Å². The molecule has 1 fully saturated rings. The summed E-state index contributed by atoms with van der Waals surface area (Å²) in [6.45, 7) is 0.792. The van der Waals surface area contributed by atoms with Crippen LogP contribution in [0.1, 0.15) is 43.4 Å². The first-order valence-corrected chi connectivity index (χ1v) is 7.09. The fraction of sp³-hybridized carbons (Fsp3) is 0.643. The van der Waals surface area contributed by atoms with Gasteiger partial charge >= 0.3 is 5.97 Å². The summed E-state index contributed by atoms with van der Waals surface area (Å²) in [4.78, 5) is 22.1. The molecule has 1 aliphatic heterocycles. The van der Waals surface area contributed by atoms with Crippen molar-refractivity contribution in [1.82, 2.24) is 9.97 Å². The summed E-state index contributed by atoms with van der Waals surface area (Å²) in [6, 6.07) is -0.415. The largest absolute Gasteiger partial charge is 0.480 e. The molecule has 0 radical (unpaired) electrons. The van der Waals surface area contributed by atoms with Gasteiger partial charge in [-0.2, -0.15) is 0 Å². The lowest BCUT2D eigenvalue weighted by Gasteiger charge is -2.25. The maximum absolute atomic E-state index is 11.3. The number of fused-ring (bicyclic) bond motifs is 1. The number of aryl methyl sites for hydroxylation is 1. The van der Waals surface area contributed by atoms with Crippen molar-refractivity contribution in [3.63, 3.8) is 0 Å². The van der Waals surface area contributed by atoms with Crippen LogP contribution in [0.15, 0.2) is 6.33 Å². The Morgan fingerprint density at radius 2 is 2.05 bits per heavy atom. The average molecular weight is 261 g/mol. The molecule has 1 atom stereocenters. The van der Waals surface area contributed by atoms with Crippen LogP contribution in [0.3, 0.4) is 0 Å². The van der Waals surface area contributed by atoms with E-state index in [1.54, 1.807) is 6.33 Å². The van der Waals surface area contributed by atoms with E-state index >= 15 is 0 Å². The highest BCUT2D eigenvalue weighted by molar-refractivity contribution is 5.79. The number of hydrogen-bond donors (Lipinski definition) is 1. The molecular formula is C14H19N3O2. The van der Waals surface area contributed by atoms with Crippen molar-refractivity contribution >= 4 is 11.8 Å². The first-order valence-electron chi connectivity index (χ1n) is 7.09. The van der Waals surface area contributed by atoms with E-state index in [2.05, 4.69) is 9.97 Å². The zero-order chi connectivity index (χ0) is 13.2. The second-order valence-electron chi connectivity index (χ2n) is 5.37. The van der Waals surface area contributed by atoms with Gasteiger partial charge in [-0.15, -0.1) is 0 Å². The van der Waals surface area contributed by atoms with Crippen molar-refractivity contribution in [2.45, 2.75) is 51.0 Å². The van der Waals surface area contributed by atoms with Crippen molar-refractivity contribution in [2.24, 2.45) is 0 Å². The molecule has 1 saturated heterocycles. The second-order valence-corrected chi connectivity index (χ2v) is 5.37. The Kier molecular flexibility index (Phi) is 3.36. The molecule has 0 bridgehead atoms. The van der Waals surface area contributed by atoms with Gasteiger partial charge in [-0.25, -0.2) is 14.8 Å². The Balaban J connectivity index is 1.98. The van der Waals surface area contributed by atoms with Gasteiger partial charge < -0.3 is 10.0 Å². The SMILES string of the molecule is O=C(O)C1CCCN1c1ncnc2c1CCCCC2. The molecule has 1 aromatic rings. The molecule has 5 heteroatoms. The first kappa shape index (κ1) is 12.4. The minimum atomic E-state index is -0.738. The van der Waals surface area contributed by atoms with Gasteiger partial charge in [-0.05, 0) is 38.5 Å². The smallest absolute Gasteiger partial charge is 0.326 e. The number of carboxylic acid groups (broad SMARTS) is 1. The number of aromatic nitrogens is 2. The summed E-state index contributed by atoms with van der Waals surface area (Å²) in [5.74, 6) is 0.135. The number of carboxylic acids is 1. The van der Waals surface area contributed by atoms with Crippen LogP contribution in [0.5, 0.6) is 0 Å². The molecule has 1 aliphatic carbocycles. The van der Waals surface area contributed by atoms with Crippen LogP contribution in [-0.2, 0) is 17.6 Å². The molecule has 2 heterocycles. The van der Waals surface area contributed by atoms with Crippen molar-refractivity contribution in [1.29, 1.82) is 0 Å². The lowest BCUT2D eigenvalue weighted by atomic mass is 10.1.